The van der Waals surface area contributed by atoms with Crippen LogP contribution >= 0.6 is 0 Å². The lowest BCUT2D eigenvalue weighted by molar-refractivity contribution is -0.116. The first-order chi connectivity index (χ1) is 11.2. The fourth-order valence-electron chi connectivity index (χ4n) is 2.80. The second-order valence-electron chi connectivity index (χ2n) is 6.03. The van der Waals surface area contributed by atoms with Crippen molar-refractivity contribution in [3.05, 3.63) is 18.3 Å². The molecule has 0 bridgehead atoms. The van der Waals surface area contributed by atoms with E-state index in [0.29, 0.717) is 19.3 Å². The molecule has 1 amide bonds. The fourth-order valence-corrected chi connectivity index (χ4v) is 2.80. The minimum absolute atomic E-state index is 0.0434. The van der Waals surface area contributed by atoms with Crippen molar-refractivity contribution < 1.29 is 4.79 Å². The number of hydrogen-bond acceptors (Lipinski definition) is 5. The van der Waals surface area contributed by atoms with Crippen molar-refractivity contribution in [2.75, 3.05) is 23.3 Å². The first-order valence-corrected chi connectivity index (χ1v) is 8.09. The lowest BCUT2D eigenvalue weighted by atomic mass is 10.0. The molecule has 23 heavy (non-hydrogen) atoms. The third-order valence-electron chi connectivity index (χ3n) is 4.27. The molecule has 1 saturated heterocycles. The van der Waals surface area contributed by atoms with E-state index in [1.807, 2.05) is 12.1 Å². The summed E-state index contributed by atoms with van der Waals surface area (Å²) in [4.78, 5) is 18.7. The van der Waals surface area contributed by atoms with E-state index in [-0.39, 0.29) is 5.91 Å². The van der Waals surface area contributed by atoms with Crippen LogP contribution in [0.25, 0.3) is 0 Å². The van der Waals surface area contributed by atoms with Crippen LogP contribution in [0, 0.1) is 12.3 Å². The molecule has 0 atom stereocenters. The maximum Gasteiger partial charge on any atom is 0.224 e. The number of amides is 1. The van der Waals surface area contributed by atoms with Crippen LogP contribution in [0.4, 0.5) is 11.5 Å². The molecule has 0 aromatic carbocycles. The van der Waals surface area contributed by atoms with E-state index in [9.17, 15) is 4.79 Å². The van der Waals surface area contributed by atoms with Crippen LogP contribution in [-0.2, 0) is 4.79 Å². The van der Waals surface area contributed by atoms with Crippen LogP contribution in [0.15, 0.2) is 28.6 Å². The molecule has 3 rings (SSSR count). The molecule has 0 aliphatic carbocycles. The van der Waals surface area contributed by atoms with Gasteiger partial charge in [0.25, 0.3) is 0 Å². The minimum Gasteiger partial charge on any atom is -0.357 e. The van der Waals surface area contributed by atoms with E-state index in [1.165, 1.54) is 12.8 Å². The molecule has 0 unspecified atom stereocenters. The molecular formula is C17H21N5O. The molecule has 1 fully saturated rings. The summed E-state index contributed by atoms with van der Waals surface area (Å²) in [6.45, 7) is 2.12. The predicted molar refractivity (Wildman–Crippen MR) is 89.2 cm³/mol. The van der Waals surface area contributed by atoms with Gasteiger partial charge < -0.3 is 10.2 Å². The summed E-state index contributed by atoms with van der Waals surface area (Å²) in [5, 5.41) is 10.9. The minimum atomic E-state index is -0.401. The van der Waals surface area contributed by atoms with E-state index in [4.69, 9.17) is 6.42 Å². The lowest BCUT2D eigenvalue weighted by Gasteiger charge is -2.16. The number of nitrogens with one attached hydrogen (secondary N) is 1. The Morgan fingerprint density at radius 1 is 1.30 bits per heavy atom. The van der Waals surface area contributed by atoms with Gasteiger partial charge in [0.15, 0.2) is 5.66 Å². The van der Waals surface area contributed by atoms with Crippen LogP contribution in [-0.4, -0.2) is 29.6 Å². The molecule has 2 aliphatic rings. The summed E-state index contributed by atoms with van der Waals surface area (Å²) < 4.78 is 0. The number of pyridine rings is 1. The van der Waals surface area contributed by atoms with Gasteiger partial charge in [-0.15, -0.1) is 12.3 Å². The summed E-state index contributed by atoms with van der Waals surface area (Å²) in [5.41, 5.74) is 0.321. The Morgan fingerprint density at radius 2 is 2.09 bits per heavy atom. The number of anilines is 2. The Kier molecular flexibility index (Phi) is 4.56. The van der Waals surface area contributed by atoms with Crippen molar-refractivity contribution in [2.45, 2.75) is 44.2 Å². The van der Waals surface area contributed by atoms with Gasteiger partial charge in [-0.1, -0.05) is 0 Å². The van der Waals surface area contributed by atoms with Crippen LogP contribution in [0.5, 0.6) is 0 Å². The Labute approximate surface area is 136 Å². The lowest BCUT2D eigenvalue weighted by Crippen LogP contribution is -2.19. The first-order valence-electron chi connectivity index (χ1n) is 8.09. The highest BCUT2D eigenvalue weighted by molar-refractivity contribution is 5.90. The summed E-state index contributed by atoms with van der Waals surface area (Å²) in [5.74, 6) is 3.52. The number of carbonyl (C=O) groups excluding carboxylic acids is 1. The maximum absolute atomic E-state index is 12.0. The Hall–Kier alpha value is -2.42. The van der Waals surface area contributed by atoms with Gasteiger partial charge in [0.1, 0.15) is 5.82 Å². The summed E-state index contributed by atoms with van der Waals surface area (Å²) >= 11 is 0. The van der Waals surface area contributed by atoms with Gasteiger partial charge in [-0.2, -0.15) is 10.2 Å². The summed E-state index contributed by atoms with van der Waals surface area (Å²) in [6.07, 6.45) is 11.8. The predicted octanol–water partition coefficient (Wildman–Crippen LogP) is 2.98. The third kappa shape index (κ3) is 4.07. The Morgan fingerprint density at radius 3 is 2.70 bits per heavy atom. The molecule has 1 aromatic heterocycles. The monoisotopic (exact) mass is 311 g/mol. The highest BCUT2D eigenvalue weighted by atomic mass is 16.1. The quantitative estimate of drug-likeness (QED) is 0.787. The zero-order chi connectivity index (χ0) is 16.1. The molecule has 0 saturated carbocycles. The van der Waals surface area contributed by atoms with E-state index in [2.05, 4.69) is 31.3 Å². The Balaban J connectivity index is 1.45. The van der Waals surface area contributed by atoms with E-state index in [0.717, 1.165) is 31.0 Å². The van der Waals surface area contributed by atoms with Gasteiger partial charge in [-0.3, -0.25) is 4.79 Å². The largest absolute Gasteiger partial charge is 0.357 e. The molecule has 3 heterocycles. The second kappa shape index (κ2) is 6.78. The molecule has 1 N–H and O–H groups in total. The SMILES string of the molecule is C#CCCC1(CCC(=O)Nc2ccc(N3CCCC3)nc2)N=N1. The average Bonchev–Trinajstić information content (AvgIpc) is 3.12. The molecule has 2 aliphatic heterocycles. The van der Waals surface area contributed by atoms with Crippen molar-refractivity contribution >= 4 is 17.4 Å². The zero-order valence-electron chi connectivity index (χ0n) is 13.2. The molecule has 0 radical (unpaired) electrons. The average molecular weight is 311 g/mol. The van der Waals surface area contributed by atoms with Crippen LogP contribution in [0.2, 0.25) is 0 Å². The fraction of sp³-hybridized carbons (Fsp3) is 0.529. The topological polar surface area (TPSA) is 70.0 Å². The highest BCUT2D eigenvalue weighted by Crippen LogP contribution is 2.37. The van der Waals surface area contributed by atoms with Crippen molar-refractivity contribution in [3.8, 4) is 12.3 Å². The molecule has 0 spiro atoms. The zero-order valence-corrected chi connectivity index (χ0v) is 13.2. The van der Waals surface area contributed by atoms with Crippen LogP contribution < -0.4 is 10.2 Å². The number of carbonyl (C=O) groups is 1. The standard InChI is InChI=1S/C17H21N5O/c1-2-3-9-17(20-21-17)10-8-16(23)19-14-6-7-15(18-13-14)22-11-4-5-12-22/h1,6-7,13H,3-5,8-12H2,(H,19,23). The Bertz CT molecular complexity index is 619. The van der Waals surface area contributed by atoms with Gasteiger partial charge in [0.2, 0.25) is 5.91 Å². The van der Waals surface area contributed by atoms with E-state index in [1.54, 1.807) is 6.20 Å². The summed E-state index contributed by atoms with van der Waals surface area (Å²) in [7, 11) is 0. The van der Waals surface area contributed by atoms with E-state index >= 15 is 0 Å². The first kappa shape index (κ1) is 15.5. The van der Waals surface area contributed by atoms with Gasteiger partial charge >= 0.3 is 0 Å². The number of terminal acetylenes is 1. The van der Waals surface area contributed by atoms with Crippen molar-refractivity contribution in [3.63, 3.8) is 0 Å². The second-order valence-corrected chi connectivity index (χ2v) is 6.03. The van der Waals surface area contributed by atoms with E-state index < -0.39 is 5.66 Å². The molecule has 120 valence electrons. The number of hydrogen-bond donors (Lipinski definition) is 1. The van der Waals surface area contributed by atoms with Crippen LogP contribution in [0.1, 0.15) is 38.5 Å². The van der Waals surface area contributed by atoms with Crippen molar-refractivity contribution in [1.82, 2.24) is 4.98 Å². The number of nitrogens with zero attached hydrogens (tertiary/aromatic N) is 4. The van der Waals surface area contributed by atoms with Gasteiger partial charge in [0, 0.05) is 38.8 Å². The number of aromatic nitrogens is 1. The van der Waals surface area contributed by atoms with Crippen molar-refractivity contribution in [2.24, 2.45) is 10.2 Å². The molecular weight excluding hydrogens is 290 g/mol. The van der Waals surface area contributed by atoms with Gasteiger partial charge in [-0.25, -0.2) is 4.98 Å². The van der Waals surface area contributed by atoms with Gasteiger partial charge in [-0.05, 0) is 25.0 Å². The normalized spacial score (nSPS) is 17.8. The molecule has 1 aromatic rings. The van der Waals surface area contributed by atoms with Crippen LogP contribution in [0.3, 0.4) is 0 Å². The molecule has 6 heteroatoms. The number of rotatable bonds is 7. The highest BCUT2D eigenvalue weighted by Gasteiger charge is 2.39. The summed E-state index contributed by atoms with van der Waals surface area (Å²) in [6, 6.07) is 3.86. The maximum atomic E-state index is 12.0. The van der Waals surface area contributed by atoms with Crippen molar-refractivity contribution in [1.29, 1.82) is 0 Å². The smallest absolute Gasteiger partial charge is 0.224 e. The van der Waals surface area contributed by atoms with Gasteiger partial charge in [0.05, 0.1) is 11.9 Å². The molecule has 6 nitrogen and oxygen atoms in total. The third-order valence-corrected chi connectivity index (χ3v) is 4.27.